The van der Waals surface area contributed by atoms with Crippen molar-refractivity contribution in [1.82, 2.24) is 9.88 Å². The van der Waals surface area contributed by atoms with Crippen LogP contribution in [0.25, 0.3) is 0 Å². The first-order chi connectivity index (χ1) is 12.6. The average molecular weight is 372 g/mol. The summed E-state index contributed by atoms with van der Waals surface area (Å²) in [6.07, 6.45) is 6.26. The summed E-state index contributed by atoms with van der Waals surface area (Å²) in [5, 5.41) is 3.38. The second-order valence-electron chi connectivity index (χ2n) is 6.52. The maximum absolute atomic E-state index is 12.8. The van der Waals surface area contributed by atoms with Crippen LogP contribution in [0, 0.1) is 6.92 Å². The van der Waals surface area contributed by atoms with E-state index < -0.39 is 0 Å². The molecule has 1 aromatic carbocycles. The number of nitrogens with zero attached hydrogens (tertiary/aromatic N) is 2. The number of aromatic nitrogens is 1. The number of carbonyl (C=O) groups is 2. The first-order valence-electron chi connectivity index (χ1n) is 8.80. The second-order valence-corrected chi connectivity index (χ2v) is 6.93. The van der Waals surface area contributed by atoms with Gasteiger partial charge in [0.15, 0.2) is 0 Å². The van der Waals surface area contributed by atoms with Gasteiger partial charge < -0.3 is 10.2 Å². The molecule has 1 fully saturated rings. The van der Waals surface area contributed by atoms with Gasteiger partial charge in [0.25, 0.3) is 0 Å². The van der Waals surface area contributed by atoms with Gasteiger partial charge in [0.2, 0.25) is 11.8 Å². The van der Waals surface area contributed by atoms with Crippen LogP contribution in [0.15, 0.2) is 42.7 Å². The fraction of sp³-hybridized carbons (Fsp3) is 0.350. The summed E-state index contributed by atoms with van der Waals surface area (Å²) >= 11 is 6.08. The molecule has 2 amide bonds. The van der Waals surface area contributed by atoms with Gasteiger partial charge >= 0.3 is 0 Å². The molecule has 0 bridgehead atoms. The van der Waals surface area contributed by atoms with Gasteiger partial charge in [-0.15, -0.1) is 0 Å². The lowest BCUT2D eigenvalue weighted by molar-refractivity contribution is -0.137. The van der Waals surface area contributed by atoms with E-state index >= 15 is 0 Å². The zero-order valence-electron chi connectivity index (χ0n) is 14.7. The maximum atomic E-state index is 12.8. The molecule has 1 saturated heterocycles. The number of benzene rings is 1. The zero-order valence-corrected chi connectivity index (χ0v) is 15.5. The minimum absolute atomic E-state index is 0.00865. The number of rotatable bonds is 4. The topological polar surface area (TPSA) is 62.3 Å². The molecule has 0 radical (unpaired) electrons. The highest BCUT2D eigenvalue weighted by molar-refractivity contribution is 6.31. The first-order valence-corrected chi connectivity index (χ1v) is 9.18. The molecule has 0 aliphatic carbocycles. The third kappa shape index (κ3) is 4.22. The minimum Gasteiger partial charge on any atom is -0.335 e. The first kappa shape index (κ1) is 18.4. The van der Waals surface area contributed by atoms with Crippen LogP contribution in [0.4, 0.5) is 5.69 Å². The molecule has 0 saturated carbocycles. The Balaban J connectivity index is 1.67. The molecular formula is C20H22ClN3O2. The molecule has 136 valence electrons. The number of nitrogens with one attached hydrogen (secondary N) is 1. The Morgan fingerprint density at radius 3 is 2.88 bits per heavy atom. The third-order valence-electron chi connectivity index (χ3n) is 4.75. The maximum Gasteiger partial charge on any atom is 0.233 e. The number of amides is 2. The lowest BCUT2D eigenvalue weighted by Crippen LogP contribution is -2.40. The Labute approximate surface area is 158 Å². The highest BCUT2D eigenvalue weighted by Gasteiger charge is 2.29. The van der Waals surface area contributed by atoms with Crippen LogP contribution < -0.4 is 5.32 Å². The molecule has 1 atom stereocenters. The van der Waals surface area contributed by atoms with E-state index in [2.05, 4.69) is 10.3 Å². The fourth-order valence-corrected chi connectivity index (χ4v) is 3.50. The molecule has 5 nitrogen and oxygen atoms in total. The predicted molar refractivity (Wildman–Crippen MR) is 102 cm³/mol. The van der Waals surface area contributed by atoms with Crippen LogP contribution in [0.3, 0.4) is 0 Å². The van der Waals surface area contributed by atoms with Gasteiger partial charge in [0, 0.05) is 29.6 Å². The van der Waals surface area contributed by atoms with Crippen molar-refractivity contribution in [2.75, 3.05) is 11.9 Å². The third-order valence-corrected chi connectivity index (χ3v) is 5.16. The van der Waals surface area contributed by atoms with E-state index in [9.17, 15) is 9.59 Å². The summed E-state index contributed by atoms with van der Waals surface area (Å²) in [6, 6.07) is 9.17. The van der Waals surface area contributed by atoms with Crippen molar-refractivity contribution in [3.8, 4) is 0 Å². The van der Waals surface area contributed by atoms with E-state index in [4.69, 9.17) is 11.6 Å². The van der Waals surface area contributed by atoms with Crippen molar-refractivity contribution in [3.05, 3.63) is 58.9 Å². The standard InChI is InChI=1S/C20H22ClN3O2/c1-14-16(21)7-4-8-17(14)23-19(25)12-20(26)24-11-3-2-9-18(24)15-6-5-10-22-13-15/h4-8,10,13,18H,2-3,9,11-12H2,1H3,(H,23,25)/t18-/m0/s1. The zero-order chi connectivity index (χ0) is 18.5. The number of hydrogen-bond donors (Lipinski definition) is 1. The monoisotopic (exact) mass is 371 g/mol. The largest absolute Gasteiger partial charge is 0.335 e. The smallest absolute Gasteiger partial charge is 0.233 e. The Morgan fingerprint density at radius 2 is 2.12 bits per heavy atom. The molecule has 1 N–H and O–H groups in total. The second kappa shape index (κ2) is 8.32. The number of anilines is 1. The molecule has 2 heterocycles. The number of pyridine rings is 1. The van der Waals surface area contributed by atoms with Gasteiger partial charge in [-0.2, -0.15) is 0 Å². The molecule has 1 aliphatic rings. The van der Waals surface area contributed by atoms with Crippen molar-refractivity contribution >= 4 is 29.1 Å². The van der Waals surface area contributed by atoms with Crippen LogP contribution in [-0.4, -0.2) is 28.2 Å². The van der Waals surface area contributed by atoms with E-state index in [0.29, 0.717) is 17.3 Å². The van der Waals surface area contributed by atoms with Gasteiger partial charge in [-0.25, -0.2) is 0 Å². The van der Waals surface area contributed by atoms with Crippen LogP contribution in [-0.2, 0) is 9.59 Å². The minimum atomic E-state index is -0.323. The highest BCUT2D eigenvalue weighted by atomic mass is 35.5. The number of carbonyl (C=O) groups excluding carboxylic acids is 2. The summed E-state index contributed by atoms with van der Waals surface area (Å²) in [5.74, 6) is -0.480. The number of piperidine rings is 1. The van der Waals surface area contributed by atoms with E-state index in [0.717, 1.165) is 30.4 Å². The summed E-state index contributed by atoms with van der Waals surface area (Å²) in [7, 11) is 0. The predicted octanol–water partition coefficient (Wildman–Crippen LogP) is 4.13. The van der Waals surface area contributed by atoms with Gasteiger partial charge in [-0.1, -0.05) is 23.7 Å². The van der Waals surface area contributed by atoms with Crippen LogP contribution in [0.2, 0.25) is 5.02 Å². The van der Waals surface area contributed by atoms with Crippen molar-refractivity contribution in [3.63, 3.8) is 0 Å². The van der Waals surface area contributed by atoms with E-state index in [-0.39, 0.29) is 24.3 Å². The van der Waals surface area contributed by atoms with E-state index in [1.54, 1.807) is 30.6 Å². The Kier molecular flexibility index (Phi) is 5.89. The van der Waals surface area contributed by atoms with E-state index in [1.165, 1.54) is 0 Å². The van der Waals surface area contributed by atoms with Crippen LogP contribution in [0.5, 0.6) is 0 Å². The van der Waals surface area contributed by atoms with Crippen molar-refractivity contribution in [2.24, 2.45) is 0 Å². The lowest BCUT2D eigenvalue weighted by Gasteiger charge is -2.36. The summed E-state index contributed by atoms with van der Waals surface area (Å²) < 4.78 is 0. The quantitative estimate of drug-likeness (QED) is 0.822. The lowest BCUT2D eigenvalue weighted by atomic mass is 9.96. The summed E-state index contributed by atoms with van der Waals surface area (Å²) in [5.41, 5.74) is 2.45. The number of halogens is 1. The van der Waals surface area contributed by atoms with Gasteiger partial charge in [0.1, 0.15) is 6.42 Å². The Morgan fingerprint density at radius 1 is 1.27 bits per heavy atom. The normalized spacial score (nSPS) is 17.0. The molecule has 6 heteroatoms. The van der Waals surface area contributed by atoms with Crippen molar-refractivity contribution < 1.29 is 9.59 Å². The van der Waals surface area contributed by atoms with Crippen LogP contribution >= 0.6 is 11.6 Å². The summed E-state index contributed by atoms with van der Waals surface area (Å²) in [6.45, 7) is 2.50. The summed E-state index contributed by atoms with van der Waals surface area (Å²) in [4.78, 5) is 31.1. The number of likely N-dealkylation sites (tertiary alicyclic amines) is 1. The number of hydrogen-bond acceptors (Lipinski definition) is 3. The SMILES string of the molecule is Cc1c(Cl)cccc1NC(=O)CC(=O)N1CCCC[C@H]1c1cccnc1. The van der Waals surface area contributed by atoms with Gasteiger partial charge in [-0.05, 0) is 55.5 Å². The molecule has 0 spiro atoms. The van der Waals surface area contributed by atoms with Crippen molar-refractivity contribution in [1.29, 1.82) is 0 Å². The molecule has 1 aromatic heterocycles. The highest BCUT2D eigenvalue weighted by Crippen LogP contribution is 2.31. The van der Waals surface area contributed by atoms with Gasteiger partial charge in [-0.3, -0.25) is 14.6 Å². The Hall–Kier alpha value is -2.40. The molecule has 1 aliphatic heterocycles. The molecule has 2 aromatic rings. The Bertz CT molecular complexity index is 795. The van der Waals surface area contributed by atoms with Gasteiger partial charge in [0.05, 0.1) is 6.04 Å². The fourth-order valence-electron chi connectivity index (χ4n) is 3.33. The van der Waals surface area contributed by atoms with Crippen molar-refractivity contribution in [2.45, 2.75) is 38.6 Å². The molecule has 3 rings (SSSR count). The molecule has 26 heavy (non-hydrogen) atoms. The molecule has 0 unspecified atom stereocenters. The van der Waals surface area contributed by atoms with Crippen LogP contribution in [0.1, 0.15) is 42.9 Å². The van der Waals surface area contributed by atoms with E-state index in [1.807, 2.05) is 24.0 Å². The molecular weight excluding hydrogens is 350 g/mol. The average Bonchev–Trinajstić information content (AvgIpc) is 2.66.